The number of nitrogens with one attached hydrogen (secondary N) is 1. The first kappa shape index (κ1) is 32.3. The van der Waals surface area contributed by atoms with Crippen LogP contribution in [-0.2, 0) is 16.0 Å². The topological polar surface area (TPSA) is 134 Å². The van der Waals surface area contributed by atoms with Gasteiger partial charge in [0, 0.05) is 42.0 Å². The second-order valence-electron chi connectivity index (χ2n) is 10.8. The average Bonchev–Trinajstić information content (AvgIpc) is 3.08. The molecule has 4 aromatic rings. The van der Waals surface area contributed by atoms with Crippen molar-refractivity contribution >= 4 is 28.4 Å². The number of rotatable bonds is 12. The van der Waals surface area contributed by atoms with Crippen LogP contribution in [-0.4, -0.2) is 64.4 Å². The predicted molar refractivity (Wildman–Crippen MR) is 171 cm³/mol. The van der Waals surface area contributed by atoms with Crippen LogP contribution in [0.5, 0.6) is 34.5 Å². The highest BCUT2D eigenvalue weighted by molar-refractivity contribution is 6.39. The van der Waals surface area contributed by atoms with E-state index in [0.717, 1.165) is 42.5 Å². The normalized spacial score (nSPS) is 13.2. The van der Waals surface area contributed by atoms with Crippen LogP contribution in [0.3, 0.4) is 0 Å². The lowest BCUT2D eigenvalue weighted by molar-refractivity contribution is -0.135. The summed E-state index contributed by atoms with van der Waals surface area (Å²) in [6.45, 7) is 2.55. The number of carbonyl (C=O) groups is 2. The van der Waals surface area contributed by atoms with Gasteiger partial charge >= 0.3 is 11.8 Å². The van der Waals surface area contributed by atoms with Crippen LogP contribution in [0.2, 0.25) is 0 Å². The van der Waals surface area contributed by atoms with Crippen LogP contribution >= 0.6 is 0 Å². The highest BCUT2D eigenvalue weighted by Crippen LogP contribution is 2.38. The van der Waals surface area contributed by atoms with E-state index in [0.29, 0.717) is 58.6 Å². The number of pyridine rings is 1. The quantitative estimate of drug-likeness (QED) is 0.214. The second-order valence-corrected chi connectivity index (χ2v) is 10.8. The van der Waals surface area contributed by atoms with Crippen LogP contribution < -0.4 is 39.6 Å². The molecule has 1 aliphatic rings. The van der Waals surface area contributed by atoms with Gasteiger partial charge in [-0.05, 0) is 80.2 Å². The monoisotopic (exact) mass is 632 g/mol. The minimum absolute atomic E-state index is 0.0363. The van der Waals surface area contributed by atoms with Crippen molar-refractivity contribution in [1.29, 1.82) is 0 Å². The van der Waals surface area contributed by atoms with Crippen molar-refractivity contribution < 1.29 is 37.7 Å². The zero-order chi connectivity index (χ0) is 32.6. The summed E-state index contributed by atoms with van der Waals surface area (Å²) in [7, 11) is 4.61. The molecule has 1 fully saturated rings. The molecule has 0 spiro atoms. The summed E-state index contributed by atoms with van der Waals surface area (Å²) in [5.74, 6) is 0.0193. The van der Waals surface area contributed by atoms with E-state index in [1.807, 2.05) is 0 Å². The van der Waals surface area contributed by atoms with Crippen LogP contribution in [0, 0.1) is 11.7 Å². The maximum Gasteiger partial charge on any atom is 0.316 e. The fraction of sp³-hybridized carbons (Fsp3) is 0.324. The minimum atomic E-state index is -1.17. The fourth-order valence-electron chi connectivity index (χ4n) is 5.34. The van der Waals surface area contributed by atoms with Crippen molar-refractivity contribution in [2.45, 2.75) is 19.3 Å². The highest BCUT2D eigenvalue weighted by atomic mass is 19.1. The van der Waals surface area contributed by atoms with Gasteiger partial charge in [-0.3, -0.25) is 14.6 Å². The number of hydrogen-bond donors (Lipinski definition) is 2. The van der Waals surface area contributed by atoms with Crippen molar-refractivity contribution in [1.82, 2.24) is 10.3 Å². The first-order valence-electron chi connectivity index (χ1n) is 14.9. The molecule has 0 unspecified atom stereocenters. The Balaban J connectivity index is 1.36. The number of fused-ring (bicyclic) bond motifs is 1. The molecule has 11 nitrogen and oxygen atoms in total. The van der Waals surface area contributed by atoms with Crippen LogP contribution in [0.25, 0.3) is 10.9 Å². The molecule has 5 rings (SSSR count). The summed E-state index contributed by atoms with van der Waals surface area (Å²) in [6, 6.07) is 14.4. The molecule has 1 aromatic heterocycles. The average molecular weight is 633 g/mol. The Kier molecular flexibility index (Phi) is 10.4. The van der Waals surface area contributed by atoms with Crippen molar-refractivity contribution in [3.63, 3.8) is 0 Å². The maximum absolute atomic E-state index is 15.5. The lowest BCUT2D eigenvalue weighted by Gasteiger charge is -2.23. The molecule has 46 heavy (non-hydrogen) atoms. The van der Waals surface area contributed by atoms with E-state index >= 15 is 4.39 Å². The van der Waals surface area contributed by atoms with Gasteiger partial charge in [-0.2, -0.15) is 0 Å². The number of halogens is 1. The van der Waals surface area contributed by atoms with Gasteiger partial charge in [0.25, 0.3) is 0 Å². The standard InChI is InChI=1S/C34H37FN4O7/c1-42-24-14-22(15-25(17-24)43-2)9-13-39(34(41)33(36)40)23-4-5-30(27(35)16-23)46-29-8-12-38-28-19-32(31(44-3)18-26(28)29)45-20-21-6-10-37-11-7-21/h4-5,8,12,14-19,21,37H,6-7,9-11,13,20H2,1-3H3,(H2,36,40). The van der Waals surface area contributed by atoms with Gasteiger partial charge in [0.15, 0.2) is 23.1 Å². The van der Waals surface area contributed by atoms with E-state index < -0.39 is 17.6 Å². The Morgan fingerprint density at radius 2 is 1.65 bits per heavy atom. The summed E-state index contributed by atoms with van der Waals surface area (Å²) in [6.07, 6.45) is 3.96. The number of nitrogens with two attached hydrogens (primary N) is 1. The zero-order valence-corrected chi connectivity index (χ0v) is 26.0. The third kappa shape index (κ3) is 7.57. The SMILES string of the molecule is COc1cc(CCN(C(=O)C(N)=O)c2ccc(Oc3ccnc4cc(OCC5CCNCC5)c(OC)cc34)c(F)c2)cc(OC)c1. The van der Waals surface area contributed by atoms with Gasteiger partial charge in [0.1, 0.15) is 17.2 Å². The third-order valence-corrected chi connectivity index (χ3v) is 7.86. The zero-order valence-electron chi connectivity index (χ0n) is 26.0. The number of hydrogen-bond acceptors (Lipinski definition) is 9. The summed E-state index contributed by atoms with van der Waals surface area (Å²) < 4.78 is 43.9. The molecule has 1 saturated heterocycles. The molecular formula is C34H37FN4O7. The van der Waals surface area contributed by atoms with Crippen LogP contribution in [0.15, 0.2) is 60.8 Å². The Hall–Kier alpha value is -5.10. The van der Waals surface area contributed by atoms with Gasteiger partial charge in [-0.15, -0.1) is 0 Å². The molecule has 242 valence electrons. The highest BCUT2D eigenvalue weighted by Gasteiger charge is 2.23. The number of carbonyl (C=O) groups excluding carboxylic acids is 2. The second kappa shape index (κ2) is 14.8. The van der Waals surface area contributed by atoms with E-state index in [1.165, 1.54) is 26.4 Å². The Morgan fingerprint density at radius 3 is 2.30 bits per heavy atom. The number of ether oxygens (including phenoxy) is 5. The Labute approximate surface area is 266 Å². The number of benzene rings is 3. The number of amides is 2. The Morgan fingerprint density at radius 1 is 0.913 bits per heavy atom. The van der Waals surface area contributed by atoms with E-state index in [-0.39, 0.29) is 18.0 Å². The minimum Gasteiger partial charge on any atom is -0.497 e. The van der Waals surface area contributed by atoms with E-state index in [2.05, 4.69) is 10.3 Å². The van der Waals surface area contributed by atoms with Crippen molar-refractivity contribution in [2.75, 3.05) is 52.5 Å². The van der Waals surface area contributed by atoms with Gasteiger partial charge in [-0.1, -0.05) is 0 Å². The number of methoxy groups -OCH3 is 3. The Bertz CT molecular complexity index is 1690. The molecule has 0 bridgehead atoms. The molecule has 3 N–H and O–H groups in total. The smallest absolute Gasteiger partial charge is 0.316 e. The largest absolute Gasteiger partial charge is 0.497 e. The van der Waals surface area contributed by atoms with E-state index in [9.17, 15) is 9.59 Å². The number of anilines is 1. The summed E-state index contributed by atoms with van der Waals surface area (Å²) in [5.41, 5.74) is 6.83. The van der Waals surface area contributed by atoms with Gasteiger partial charge in [0.2, 0.25) is 0 Å². The lowest BCUT2D eigenvalue weighted by atomic mass is 9.99. The molecule has 0 saturated carbocycles. The van der Waals surface area contributed by atoms with E-state index in [4.69, 9.17) is 29.4 Å². The first-order chi connectivity index (χ1) is 22.3. The molecule has 0 aliphatic carbocycles. The number of primary amides is 1. The maximum atomic E-state index is 15.5. The summed E-state index contributed by atoms with van der Waals surface area (Å²) >= 11 is 0. The van der Waals surface area contributed by atoms with Gasteiger partial charge in [-0.25, -0.2) is 4.39 Å². The lowest BCUT2D eigenvalue weighted by Crippen LogP contribution is -2.41. The fourth-order valence-corrected chi connectivity index (χ4v) is 5.34. The van der Waals surface area contributed by atoms with Gasteiger partial charge < -0.3 is 39.6 Å². The summed E-state index contributed by atoms with van der Waals surface area (Å²) in [4.78, 5) is 30.3. The van der Waals surface area contributed by atoms with Crippen molar-refractivity contribution in [3.8, 4) is 34.5 Å². The molecule has 1 aliphatic heterocycles. The van der Waals surface area contributed by atoms with Crippen molar-refractivity contribution in [3.05, 3.63) is 72.2 Å². The van der Waals surface area contributed by atoms with Crippen molar-refractivity contribution in [2.24, 2.45) is 11.7 Å². The number of piperidine rings is 1. The predicted octanol–water partition coefficient (Wildman–Crippen LogP) is 4.63. The molecule has 2 heterocycles. The number of aromatic nitrogens is 1. The molecule has 0 atom stereocenters. The molecule has 0 radical (unpaired) electrons. The van der Waals surface area contributed by atoms with Gasteiger partial charge in [0.05, 0.1) is 33.5 Å². The molecule has 2 amide bonds. The molecule has 3 aromatic carbocycles. The van der Waals surface area contributed by atoms with E-state index in [1.54, 1.807) is 49.7 Å². The van der Waals surface area contributed by atoms with Crippen LogP contribution in [0.4, 0.5) is 10.1 Å². The molecule has 12 heteroatoms. The first-order valence-corrected chi connectivity index (χ1v) is 14.9. The van der Waals surface area contributed by atoms with Crippen LogP contribution in [0.1, 0.15) is 18.4 Å². The third-order valence-electron chi connectivity index (χ3n) is 7.86. The summed E-state index contributed by atoms with van der Waals surface area (Å²) in [5, 5.41) is 3.95. The number of nitrogens with zero attached hydrogens (tertiary/aromatic N) is 2. The molecular weight excluding hydrogens is 595 g/mol.